The lowest BCUT2D eigenvalue weighted by Gasteiger charge is -2.15. The van der Waals surface area contributed by atoms with Crippen LogP contribution in [0.2, 0.25) is 5.02 Å². The van der Waals surface area contributed by atoms with Crippen LogP contribution in [0.4, 0.5) is 0 Å². The van der Waals surface area contributed by atoms with Gasteiger partial charge in [0.2, 0.25) is 0 Å². The molecule has 1 aromatic carbocycles. The third kappa shape index (κ3) is 4.89. The van der Waals surface area contributed by atoms with Crippen LogP contribution in [0.5, 0.6) is 0 Å². The highest BCUT2D eigenvalue weighted by molar-refractivity contribution is 6.31. The molecule has 0 unspecified atom stereocenters. The highest BCUT2D eigenvalue weighted by Crippen LogP contribution is 2.16. The summed E-state index contributed by atoms with van der Waals surface area (Å²) in [4.78, 5) is 32.9. The van der Waals surface area contributed by atoms with E-state index < -0.39 is 12.1 Å². The van der Waals surface area contributed by atoms with Gasteiger partial charge in [0.1, 0.15) is 6.33 Å². The minimum absolute atomic E-state index is 0.131. The number of nitrogens with zero attached hydrogens (tertiary/aromatic N) is 4. The molecule has 0 aliphatic carbocycles. The van der Waals surface area contributed by atoms with E-state index in [0.29, 0.717) is 17.2 Å². The maximum Gasteiger partial charge on any atom is 0.306 e. The molecule has 1 amide bonds. The van der Waals surface area contributed by atoms with E-state index in [4.69, 9.17) is 16.3 Å². The molecule has 0 aliphatic heterocycles. The highest BCUT2D eigenvalue weighted by atomic mass is 35.5. The topological polar surface area (TPSA) is 98.5 Å². The molecule has 0 spiro atoms. The van der Waals surface area contributed by atoms with Gasteiger partial charge in [0.15, 0.2) is 6.10 Å². The van der Waals surface area contributed by atoms with Crippen LogP contribution in [0.25, 0.3) is 5.78 Å². The number of amides is 1. The monoisotopic (exact) mass is 415 g/mol. The van der Waals surface area contributed by atoms with Gasteiger partial charge in [-0.2, -0.15) is 10.1 Å². The number of benzene rings is 1. The lowest BCUT2D eigenvalue weighted by molar-refractivity contribution is -0.154. The van der Waals surface area contributed by atoms with Crippen molar-refractivity contribution in [3.8, 4) is 0 Å². The lowest BCUT2D eigenvalue weighted by Crippen LogP contribution is -2.35. The lowest BCUT2D eigenvalue weighted by atomic mass is 10.1. The molecule has 3 rings (SSSR count). The highest BCUT2D eigenvalue weighted by Gasteiger charge is 2.19. The first-order chi connectivity index (χ1) is 13.9. The predicted molar refractivity (Wildman–Crippen MR) is 107 cm³/mol. The van der Waals surface area contributed by atoms with Crippen molar-refractivity contribution in [3.63, 3.8) is 0 Å². The number of ether oxygens (including phenoxy) is 1. The number of aromatic nitrogens is 4. The van der Waals surface area contributed by atoms with Crippen molar-refractivity contribution in [2.75, 3.05) is 0 Å². The zero-order valence-electron chi connectivity index (χ0n) is 16.5. The molecule has 8 nitrogen and oxygen atoms in total. The Bertz CT molecular complexity index is 1050. The number of carbonyl (C=O) groups excluding carboxylic acids is 2. The molecule has 1 atom stereocenters. The summed E-state index contributed by atoms with van der Waals surface area (Å²) in [5.74, 6) is -0.311. The molecule has 3 aromatic rings. The van der Waals surface area contributed by atoms with Gasteiger partial charge in [0.05, 0.1) is 0 Å². The van der Waals surface area contributed by atoms with Gasteiger partial charge in [-0.25, -0.2) is 9.50 Å². The van der Waals surface area contributed by atoms with Gasteiger partial charge in [0, 0.05) is 29.4 Å². The van der Waals surface area contributed by atoms with E-state index in [1.165, 1.54) is 6.33 Å². The van der Waals surface area contributed by atoms with E-state index in [0.717, 1.165) is 22.5 Å². The summed E-state index contributed by atoms with van der Waals surface area (Å²) < 4.78 is 6.90. The van der Waals surface area contributed by atoms with Crippen molar-refractivity contribution in [2.45, 2.75) is 46.3 Å². The predicted octanol–water partition coefficient (Wildman–Crippen LogP) is 2.58. The number of hydrogen-bond donors (Lipinski definition) is 1. The molecular weight excluding hydrogens is 394 g/mol. The van der Waals surface area contributed by atoms with E-state index in [-0.39, 0.29) is 18.9 Å². The average Bonchev–Trinajstić information content (AvgIpc) is 3.15. The van der Waals surface area contributed by atoms with Gasteiger partial charge >= 0.3 is 5.97 Å². The number of fused-ring (bicyclic) bond motifs is 1. The quantitative estimate of drug-likeness (QED) is 0.595. The Kier molecular flexibility index (Phi) is 6.43. The summed E-state index contributed by atoms with van der Waals surface area (Å²) >= 11 is 6.07. The van der Waals surface area contributed by atoms with E-state index in [1.807, 2.05) is 32.0 Å². The summed E-state index contributed by atoms with van der Waals surface area (Å²) in [6.07, 6.45) is 1.11. The average molecular weight is 416 g/mol. The molecule has 0 aliphatic rings. The maximum absolute atomic E-state index is 12.2. The second-order valence-electron chi connectivity index (χ2n) is 6.67. The summed E-state index contributed by atoms with van der Waals surface area (Å²) in [5, 5.41) is 7.43. The molecule has 0 bridgehead atoms. The Balaban J connectivity index is 1.52. The van der Waals surface area contributed by atoms with Gasteiger partial charge in [-0.05, 0) is 44.4 Å². The van der Waals surface area contributed by atoms with Gasteiger partial charge in [0.25, 0.3) is 11.7 Å². The molecule has 0 radical (unpaired) electrons. The van der Waals surface area contributed by atoms with Crippen molar-refractivity contribution in [1.29, 1.82) is 0 Å². The first kappa shape index (κ1) is 20.7. The molecular formula is C20H22ClN5O3. The van der Waals surface area contributed by atoms with Crippen LogP contribution in [0.1, 0.15) is 35.9 Å². The van der Waals surface area contributed by atoms with Gasteiger partial charge in [-0.3, -0.25) is 9.59 Å². The Morgan fingerprint density at radius 2 is 2.03 bits per heavy atom. The molecule has 152 valence electrons. The van der Waals surface area contributed by atoms with Crippen molar-refractivity contribution in [2.24, 2.45) is 0 Å². The van der Waals surface area contributed by atoms with E-state index in [2.05, 4.69) is 20.4 Å². The summed E-state index contributed by atoms with van der Waals surface area (Å²) in [5.41, 5.74) is 3.38. The summed E-state index contributed by atoms with van der Waals surface area (Å²) in [6.45, 7) is 5.58. The molecule has 0 saturated heterocycles. The third-order valence-electron chi connectivity index (χ3n) is 4.66. The first-order valence-corrected chi connectivity index (χ1v) is 9.61. The zero-order valence-corrected chi connectivity index (χ0v) is 17.2. The number of rotatable bonds is 7. The van der Waals surface area contributed by atoms with Gasteiger partial charge < -0.3 is 10.1 Å². The number of halogens is 1. The van der Waals surface area contributed by atoms with Crippen LogP contribution < -0.4 is 5.32 Å². The van der Waals surface area contributed by atoms with Gasteiger partial charge in [-0.1, -0.05) is 29.8 Å². The largest absolute Gasteiger partial charge is 0.453 e. The SMILES string of the molecule is Cc1nc2ncnn2c(C)c1CCC(=O)O[C@H](C)C(=O)NCc1ccccc1Cl. The molecule has 29 heavy (non-hydrogen) atoms. The number of nitrogens with one attached hydrogen (secondary N) is 1. The minimum Gasteiger partial charge on any atom is -0.453 e. The molecule has 9 heteroatoms. The minimum atomic E-state index is -0.900. The van der Waals surface area contributed by atoms with E-state index in [9.17, 15) is 9.59 Å². The fourth-order valence-electron chi connectivity index (χ4n) is 3.02. The van der Waals surface area contributed by atoms with Crippen molar-refractivity contribution >= 4 is 29.3 Å². The Labute approximate surface area is 173 Å². The standard InChI is InChI=1S/C20H22ClN5O3/c1-12-16(13(2)26-20(25-12)23-11-24-26)8-9-18(27)29-14(3)19(28)22-10-15-6-4-5-7-17(15)21/h4-7,11,14H,8-10H2,1-3H3,(H,22,28)/t14-/m1/s1. The number of hydrogen-bond acceptors (Lipinski definition) is 6. The van der Waals surface area contributed by atoms with Crippen LogP contribution in [0, 0.1) is 13.8 Å². The number of carbonyl (C=O) groups is 2. The van der Waals surface area contributed by atoms with Crippen LogP contribution >= 0.6 is 11.6 Å². The molecule has 0 fully saturated rings. The Hall–Kier alpha value is -3.00. The molecule has 2 heterocycles. The molecule has 0 saturated carbocycles. The van der Waals surface area contributed by atoms with Crippen LogP contribution in [-0.2, 0) is 27.3 Å². The summed E-state index contributed by atoms with van der Waals surface area (Å²) in [6, 6.07) is 7.23. The number of aryl methyl sites for hydroxylation is 2. The fraction of sp³-hybridized carbons (Fsp3) is 0.350. The smallest absolute Gasteiger partial charge is 0.306 e. The molecule has 1 N–H and O–H groups in total. The van der Waals surface area contributed by atoms with Crippen LogP contribution in [-0.4, -0.2) is 37.6 Å². The van der Waals surface area contributed by atoms with Crippen LogP contribution in [0.15, 0.2) is 30.6 Å². The Morgan fingerprint density at radius 1 is 1.28 bits per heavy atom. The van der Waals surface area contributed by atoms with Crippen molar-refractivity contribution < 1.29 is 14.3 Å². The zero-order chi connectivity index (χ0) is 21.0. The second kappa shape index (κ2) is 9.00. The van der Waals surface area contributed by atoms with Gasteiger partial charge in [-0.15, -0.1) is 0 Å². The second-order valence-corrected chi connectivity index (χ2v) is 7.08. The fourth-order valence-corrected chi connectivity index (χ4v) is 3.22. The van der Waals surface area contributed by atoms with Crippen molar-refractivity contribution in [3.05, 3.63) is 58.1 Å². The van der Waals surface area contributed by atoms with Crippen molar-refractivity contribution in [1.82, 2.24) is 24.9 Å². The van der Waals surface area contributed by atoms with E-state index >= 15 is 0 Å². The van der Waals surface area contributed by atoms with Crippen LogP contribution in [0.3, 0.4) is 0 Å². The number of esters is 1. The first-order valence-electron chi connectivity index (χ1n) is 9.23. The Morgan fingerprint density at radius 3 is 2.79 bits per heavy atom. The summed E-state index contributed by atoms with van der Waals surface area (Å²) in [7, 11) is 0. The molecule has 2 aromatic heterocycles. The normalized spacial score (nSPS) is 12.0. The maximum atomic E-state index is 12.2. The third-order valence-corrected chi connectivity index (χ3v) is 5.02. The van der Waals surface area contributed by atoms with E-state index in [1.54, 1.807) is 17.5 Å².